The lowest BCUT2D eigenvalue weighted by Crippen LogP contribution is -2.47. The molecule has 1 spiro atoms. The van der Waals surface area contributed by atoms with Gasteiger partial charge in [-0.05, 0) is 6.07 Å². The quantitative estimate of drug-likeness (QED) is 0.589. The zero-order valence-electron chi connectivity index (χ0n) is 16.1. The lowest BCUT2D eigenvalue weighted by molar-refractivity contribution is -0.123. The molecule has 2 aromatic carbocycles. The molecule has 0 saturated heterocycles. The number of primary amides is 1. The monoisotopic (exact) mass is 412 g/mol. The summed E-state index contributed by atoms with van der Waals surface area (Å²) < 4.78 is 5.63. The first-order chi connectivity index (χ1) is 15.0. The maximum absolute atomic E-state index is 14.0. The first-order valence-corrected chi connectivity index (χ1v) is 9.42. The van der Waals surface area contributed by atoms with Gasteiger partial charge in [-0.15, -0.1) is 5.10 Å². The van der Waals surface area contributed by atoms with Crippen LogP contribution in [0, 0.1) is 11.3 Å². The summed E-state index contributed by atoms with van der Waals surface area (Å²) in [6.07, 6.45) is 0. The third kappa shape index (κ3) is 2.33. The van der Waals surface area contributed by atoms with Gasteiger partial charge in [0.05, 0.1) is 11.3 Å². The Morgan fingerprint density at radius 2 is 1.90 bits per heavy atom. The minimum absolute atomic E-state index is 0.0667. The average molecular weight is 412 g/mol. The van der Waals surface area contributed by atoms with Gasteiger partial charge in [-0.1, -0.05) is 48.5 Å². The number of nitrogens with two attached hydrogens (primary N) is 2. The van der Waals surface area contributed by atoms with Crippen molar-refractivity contribution >= 4 is 17.5 Å². The van der Waals surface area contributed by atoms with Crippen molar-refractivity contribution in [3.05, 3.63) is 77.2 Å². The molecule has 5 N–H and O–H groups in total. The van der Waals surface area contributed by atoms with Crippen molar-refractivity contribution in [3.63, 3.8) is 0 Å². The van der Waals surface area contributed by atoms with Crippen LogP contribution in [0.3, 0.4) is 0 Å². The lowest BCUT2D eigenvalue weighted by atomic mass is 9.68. The number of nitriles is 1. The van der Waals surface area contributed by atoms with Crippen molar-refractivity contribution in [1.29, 1.82) is 5.26 Å². The number of fused-ring (bicyclic) bond motifs is 4. The van der Waals surface area contributed by atoms with Crippen molar-refractivity contribution in [2.75, 3.05) is 11.4 Å². The molecule has 31 heavy (non-hydrogen) atoms. The Kier molecular flexibility index (Phi) is 3.85. The molecule has 5 rings (SSSR count). The van der Waals surface area contributed by atoms with Gasteiger partial charge in [0.2, 0.25) is 23.6 Å². The fourth-order valence-electron chi connectivity index (χ4n) is 4.41. The summed E-state index contributed by atoms with van der Waals surface area (Å²) in [6.45, 7) is -0.342. The summed E-state index contributed by atoms with van der Waals surface area (Å²) in [5, 5.41) is 17.2. The standard InChI is InChI=1S/C22H16N6O3/c23-10-14-19(25)31-20-17(18(26-27-20)12-6-2-1-3-7-12)22(14)13-8-4-5-9-15(13)28(21(22)30)11-16(24)29/h1-9H,11,25H2,(H2,24,29)(H,26,27)/t22-/m1/s1. The van der Waals surface area contributed by atoms with E-state index >= 15 is 0 Å². The van der Waals surface area contributed by atoms with Gasteiger partial charge in [-0.3, -0.25) is 14.7 Å². The molecule has 0 radical (unpaired) electrons. The first kappa shape index (κ1) is 18.4. The number of ether oxygens (including phenoxy) is 1. The molecule has 3 aromatic rings. The number of para-hydroxylation sites is 1. The first-order valence-electron chi connectivity index (χ1n) is 9.42. The molecule has 3 heterocycles. The number of hydrogen-bond donors (Lipinski definition) is 3. The molecule has 2 aliphatic rings. The second-order valence-electron chi connectivity index (χ2n) is 7.22. The van der Waals surface area contributed by atoms with Crippen LogP contribution in [-0.4, -0.2) is 28.6 Å². The van der Waals surface area contributed by atoms with Crippen LogP contribution in [0.15, 0.2) is 66.1 Å². The zero-order valence-corrected chi connectivity index (χ0v) is 16.1. The molecular formula is C22H16N6O3. The molecule has 1 aromatic heterocycles. The minimum atomic E-state index is -1.63. The number of anilines is 1. The molecule has 2 amide bonds. The van der Waals surface area contributed by atoms with E-state index < -0.39 is 17.2 Å². The van der Waals surface area contributed by atoms with E-state index in [4.69, 9.17) is 16.2 Å². The summed E-state index contributed by atoms with van der Waals surface area (Å²) in [5.41, 5.74) is 12.4. The van der Waals surface area contributed by atoms with Gasteiger partial charge in [-0.25, -0.2) is 0 Å². The Balaban J connectivity index is 1.89. The number of benzene rings is 2. The highest BCUT2D eigenvalue weighted by molar-refractivity contribution is 6.16. The van der Waals surface area contributed by atoms with E-state index in [0.717, 1.165) is 5.56 Å². The molecule has 9 heteroatoms. The molecular weight excluding hydrogens is 396 g/mol. The molecule has 0 fully saturated rings. The normalized spacial score (nSPS) is 19.1. The van der Waals surface area contributed by atoms with Crippen LogP contribution < -0.4 is 21.1 Å². The highest BCUT2D eigenvalue weighted by atomic mass is 16.5. The molecule has 0 bridgehead atoms. The second kappa shape index (κ2) is 6.47. The lowest BCUT2D eigenvalue weighted by Gasteiger charge is -2.32. The fourth-order valence-corrected chi connectivity index (χ4v) is 4.41. The van der Waals surface area contributed by atoms with Crippen molar-refractivity contribution < 1.29 is 14.3 Å². The van der Waals surface area contributed by atoms with E-state index in [1.54, 1.807) is 24.3 Å². The van der Waals surface area contributed by atoms with Crippen molar-refractivity contribution in [1.82, 2.24) is 10.2 Å². The SMILES string of the molecule is N#CC1=C(N)Oc2n[nH]c(-c3ccccc3)c2[C@]12C(=O)N(CC(N)=O)c1ccccc12. The number of nitrogens with one attached hydrogen (secondary N) is 1. The Morgan fingerprint density at radius 3 is 2.61 bits per heavy atom. The van der Waals surface area contributed by atoms with Gasteiger partial charge in [0.15, 0.2) is 0 Å². The topological polar surface area (TPSA) is 151 Å². The van der Waals surface area contributed by atoms with Gasteiger partial charge in [0.1, 0.15) is 23.6 Å². The summed E-state index contributed by atoms with van der Waals surface area (Å²) in [5.74, 6) is -1.32. The van der Waals surface area contributed by atoms with Gasteiger partial charge in [0, 0.05) is 16.8 Å². The Bertz CT molecular complexity index is 1320. The summed E-state index contributed by atoms with van der Waals surface area (Å²) >= 11 is 0. The number of rotatable bonds is 3. The molecule has 0 unspecified atom stereocenters. The van der Waals surface area contributed by atoms with Crippen molar-refractivity contribution in [2.45, 2.75) is 5.41 Å². The number of carbonyl (C=O) groups is 2. The number of hydrogen-bond acceptors (Lipinski definition) is 6. The van der Waals surface area contributed by atoms with Crippen molar-refractivity contribution in [3.8, 4) is 23.2 Å². The molecule has 9 nitrogen and oxygen atoms in total. The number of aromatic nitrogens is 2. The fraction of sp³-hybridized carbons (Fsp3) is 0.0909. The van der Waals surface area contributed by atoms with Gasteiger partial charge in [0.25, 0.3) is 0 Å². The third-order valence-corrected chi connectivity index (χ3v) is 5.59. The number of amides is 2. The molecule has 152 valence electrons. The van der Waals surface area contributed by atoms with Gasteiger partial charge in [-0.2, -0.15) is 5.26 Å². The van der Waals surface area contributed by atoms with Crippen LogP contribution >= 0.6 is 0 Å². The predicted octanol–water partition coefficient (Wildman–Crippen LogP) is 1.28. The smallest absolute Gasteiger partial charge is 0.248 e. The number of aromatic amines is 1. The van der Waals surface area contributed by atoms with Crippen LogP contribution in [0.1, 0.15) is 11.1 Å². The number of H-pyrrole nitrogens is 1. The van der Waals surface area contributed by atoms with E-state index in [-0.39, 0.29) is 23.9 Å². The Labute approximate surface area is 176 Å². The molecule has 1 atom stereocenters. The predicted molar refractivity (Wildman–Crippen MR) is 110 cm³/mol. The maximum atomic E-state index is 14.0. The third-order valence-electron chi connectivity index (χ3n) is 5.59. The number of nitrogens with zero attached hydrogens (tertiary/aromatic N) is 3. The summed E-state index contributed by atoms with van der Waals surface area (Å²) in [4.78, 5) is 27.1. The van der Waals surface area contributed by atoms with Gasteiger partial charge >= 0.3 is 0 Å². The van der Waals surface area contributed by atoms with E-state index in [0.29, 0.717) is 22.5 Å². The van der Waals surface area contributed by atoms with E-state index in [2.05, 4.69) is 16.3 Å². The Hall–Kier alpha value is -4.58. The van der Waals surface area contributed by atoms with Crippen LogP contribution in [0.25, 0.3) is 11.3 Å². The van der Waals surface area contributed by atoms with Crippen LogP contribution in [0.2, 0.25) is 0 Å². The van der Waals surface area contributed by atoms with E-state index in [9.17, 15) is 14.9 Å². The number of carbonyl (C=O) groups excluding carboxylic acids is 2. The molecule has 0 aliphatic carbocycles. The van der Waals surface area contributed by atoms with E-state index in [1.807, 2.05) is 30.3 Å². The maximum Gasteiger partial charge on any atom is 0.248 e. The zero-order chi connectivity index (χ0) is 21.8. The largest absolute Gasteiger partial charge is 0.420 e. The average Bonchev–Trinajstić information content (AvgIpc) is 3.29. The van der Waals surface area contributed by atoms with Crippen LogP contribution in [-0.2, 0) is 15.0 Å². The Morgan fingerprint density at radius 1 is 1.19 bits per heavy atom. The minimum Gasteiger partial charge on any atom is -0.420 e. The van der Waals surface area contributed by atoms with Gasteiger partial charge < -0.3 is 21.1 Å². The van der Waals surface area contributed by atoms with E-state index in [1.165, 1.54) is 4.90 Å². The highest BCUT2D eigenvalue weighted by Crippen LogP contribution is 2.56. The second-order valence-corrected chi connectivity index (χ2v) is 7.22. The highest BCUT2D eigenvalue weighted by Gasteiger charge is 2.61. The van der Waals surface area contributed by atoms with Crippen LogP contribution in [0.5, 0.6) is 5.88 Å². The molecule has 2 aliphatic heterocycles. The molecule has 0 saturated carbocycles. The summed E-state index contributed by atoms with van der Waals surface area (Å²) in [7, 11) is 0. The van der Waals surface area contributed by atoms with Crippen molar-refractivity contribution in [2.24, 2.45) is 11.5 Å². The van der Waals surface area contributed by atoms with Crippen LogP contribution in [0.4, 0.5) is 5.69 Å². The summed E-state index contributed by atoms with van der Waals surface area (Å²) in [6, 6.07) is 18.2.